The van der Waals surface area contributed by atoms with E-state index in [-0.39, 0.29) is 11.5 Å². The second-order valence-corrected chi connectivity index (χ2v) is 7.61. The third-order valence-corrected chi connectivity index (χ3v) is 5.08. The van der Waals surface area contributed by atoms with Gasteiger partial charge in [-0.15, -0.1) is 6.58 Å². The second kappa shape index (κ2) is 9.54. The molecule has 3 rings (SSSR count). The van der Waals surface area contributed by atoms with Crippen molar-refractivity contribution in [2.75, 3.05) is 13.2 Å². The summed E-state index contributed by atoms with van der Waals surface area (Å²) in [6.07, 6.45) is 1.61. The largest absolute Gasteiger partial charge is 0.492 e. The molecule has 7 heteroatoms. The fourth-order valence-corrected chi connectivity index (χ4v) is 3.34. The Bertz CT molecular complexity index is 1180. The van der Waals surface area contributed by atoms with E-state index in [1.165, 1.54) is 10.1 Å². The van der Waals surface area contributed by atoms with Crippen LogP contribution in [0.25, 0.3) is 10.9 Å². The van der Waals surface area contributed by atoms with E-state index in [9.17, 15) is 9.59 Å². The summed E-state index contributed by atoms with van der Waals surface area (Å²) in [7, 11) is 0. The molecule has 0 saturated carbocycles. The number of allylic oxidation sites excluding steroid dienone is 1. The van der Waals surface area contributed by atoms with E-state index in [1.807, 2.05) is 24.3 Å². The Morgan fingerprint density at radius 3 is 2.67 bits per heavy atom. The zero-order valence-electron chi connectivity index (χ0n) is 17.1. The molecule has 6 nitrogen and oxygen atoms in total. The molecule has 0 aliphatic heterocycles. The number of benzene rings is 2. The maximum Gasteiger partial charge on any atom is 0.262 e. The molecule has 0 aliphatic rings. The van der Waals surface area contributed by atoms with Gasteiger partial charge in [-0.1, -0.05) is 32.1 Å². The summed E-state index contributed by atoms with van der Waals surface area (Å²) in [6, 6.07) is 12.8. The Labute approximate surface area is 180 Å². The molecule has 0 saturated heterocycles. The number of rotatable bonds is 8. The summed E-state index contributed by atoms with van der Waals surface area (Å²) in [5.41, 5.74) is 2.01. The van der Waals surface area contributed by atoms with E-state index >= 15 is 0 Å². The number of aromatic amines is 1. The fourth-order valence-electron chi connectivity index (χ4n) is 3.08. The van der Waals surface area contributed by atoms with Crippen molar-refractivity contribution in [1.82, 2.24) is 14.9 Å². The van der Waals surface area contributed by atoms with Crippen LogP contribution in [0.15, 0.2) is 59.9 Å². The van der Waals surface area contributed by atoms with E-state index in [0.717, 1.165) is 5.75 Å². The molecule has 2 N–H and O–H groups in total. The highest BCUT2D eigenvalue weighted by molar-refractivity contribution is 7.71. The smallest absolute Gasteiger partial charge is 0.262 e. The van der Waals surface area contributed by atoms with Crippen molar-refractivity contribution in [1.29, 1.82) is 0 Å². The third kappa shape index (κ3) is 4.86. The average molecular weight is 424 g/mol. The molecule has 3 aromatic rings. The van der Waals surface area contributed by atoms with Crippen LogP contribution < -0.4 is 15.6 Å². The molecule has 1 amide bonds. The van der Waals surface area contributed by atoms with E-state index < -0.39 is 0 Å². The molecule has 0 atom stereocenters. The minimum Gasteiger partial charge on any atom is -0.492 e. The molecule has 0 bridgehead atoms. The highest BCUT2D eigenvalue weighted by Gasteiger charge is 2.10. The van der Waals surface area contributed by atoms with Gasteiger partial charge in [0, 0.05) is 12.1 Å². The minimum absolute atomic E-state index is 0.211. The zero-order chi connectivity index (χ0) is 21.7. The molecule has 2 aromatic carbocycles. The average Bonchev–Trinajstić information content (AvgIpc) is 2.74. The van der Waals surface area contributed by atoms with Crippen LogP contribution in [0.3, 0.4) is 0 Å². The molecule has 156 valence electrons. The maximum absolute atomic E-state index is 12.5. The zero-order valence-corrected chi connectivity index (χ0v) is 17.9. The van der Waals surface area contributed by atoms with E-state index in [0.29, 0.717) is 46.9 Å². The minimum atomic E-state index is -0.245. The lowest BCUT2D eigenvalue weighted by Crippen LogP contribution is -2.28. The first-order valence-electron chi connectivity index (χ1n) is 9.79. The molecule has 0 fully saturated rings. The molecule has 30 heavy (non-hydrogen) atoms. The first-order valence-corrected chi connectivity index (χ1v) is 10.2. The molecule has 1 heterocycles. The van der Waals surface area contributed by atoms with Gasteiger partial charge in [-0.3, -0.25) is 14.2 Å². The van der Waals surface area contributed by atoms with Crippen LogP contribution in [0.4, 0.5) is 0 Å². The monoisotopic (exact) mass is 423 g/mol. The van der Waals surface area contributed by atoms with Crippen LogP contribution in [0.1, 0.15) is 35.7 Å². The lowest BCUT2D eigenvalue weighted by atomic mass is 10.0. The number of nitrogens with one attached hydrogen (secondary N) is 2. The number of amides is 1. The number of ether oxygens (including phenoxy) is 1. The number of H-pyrrole nitrogens is 1. The van der Waals surface area contributed by atoms with Crippen LogP contribution in [0.5, 0.6) is 5.75 Å². The maximum atomic E-state index is 12.5. The van der Waals surface area contributed by atoms with Crippen molar-refractivity contribution in [2.24, 2.45) is 0 Å². The number of fused-ring (bicyclic) bond motifs is 1. The summed E-state index contributed by atoms with van der Waals surface area (Å²) >= 11 is 5.24. The first kappa shape index (κ1) is 21.5. The summed E-state index contributed by atoms with van der Waals surface area (Å²) in [6.45, 7) is 8.96. The Hall–Kier alpha value is -3.19. The van der Waals surface area contributed by atoms with Gasteiger partial charge in [-0.05, 0) is 54.0 Å². The predicted octanol–water partition coefficient (Wildman–Crippen LogP) is 4.18. The highest BCUT2D eigenvalue weighted by atomic mass is 32.1. The van der Waals surface area contributed by atoms with Gasteiger partial charge in [0.25, 0.3) is 11.5 Å². The third-order valence-electron chi connectivity index (χ3n) is 4.76. The predicted molar refractivity (Wildman–Crippen MR) is 122 cm³/mol. The van der Waals surface area contributed by atoms with Crippen molar-refractivity contribution in [3.63, 3.8) is 0 Å². The Balaban J connectivity index is 1.62. The van der Waals surface area contributed by atoms with Gasteiger partial charge in [0.15, 0.2) is 4.77 Å². The van der Waals surface area contributed by atoms with Gasteiger partial charge in [-0.2, -0.15) is 0 Å². The van der Waals surface area contributed by atoms with Crippen LogP contribution in [0.2, 0.25) is 0 Å². The number of hydrogen-bond donors (Lipinski definition) is 2. The molecule has 0 radical (unpaired) electrons. The van der Waals surface area contributed by atoms with E-state index in [4.69, 9.17) is 17.0 Å². The van der Waals surface area contributed by atoms with Crippen molar-refractivity contribution in [2.45, 2.75) is 26.3 Å². The molecule has 1 aromatic heterocycles. The Morgan fingerprint density at radius 2 is 2.00 bits per heavy atom. The summed E-state index contributed by atoms with van der Waals surface area (Å²) in [5.74, 6) is 0.993. The van der Waals surface area contributed by atoms with E-state index in [2.05, 4.69) is 30.7 Å². The van der Waals surface area contributed by atoms with Gasteiger partial charge in [0.2, 0.25) is 0 Å². The van der Waals surface area contributed by atoms with Gasteiger partial charge in [-0.25, -0.2) is 0 Å². The highest BCUT2D eigenvalue weighted by Crippen LogP contribution is 2.18. The number of hydrogen-bond acceptors (Lipinski definition) is 4. The van der Waals surface area contributed by atoms with Crippen molar-refractivity contribution < 1.29 is 9.53 Å². The lowest BCUT2D eigenvalue weighted by Gasteiger charge is -2.10. The van der Waals surface area contributed by atoms with Crippen molar-refractivity contribution >= 4 is 29.0 Å². The van der Waals surface area contributed by atoms with Crippen LogP contribution >= 0.6 is 12.2 Å². The summed E-state index contributed by atoms with van der Waals surface area (Å²) in [5, 5.41) is 3.29. The first-order chi connectivity index (χ1) is 14.4. The quantitative estimate of drug-likeness (QED) is 0.324. The van der Waals surface area contributed by atoms with Crippen LogP contribution in [-0.2, 0) is 6.54 Å². The van der Waals surface area contributed by atoms with Crippen molar-refractivity contribution in [3.05, 3.63) is 81.4 Å². The number of carbonyl (C=O) groups excluding carboxylic acids is 1. The molecular formula is C23H25N3O3S. The van der Waals surface area contributed by atoms with Gasteiger partial charge in [0.05, 0.1) is 17.4 Å². The van der Waals surface area contributed by atoms with Crippen molar-refractivity contribution in [3.8, 4) is 5.75 Å². The van der Waals surface area contributed by atoms with Gasteiger partial charge in [0.1, 0.15) is 12.4 Å². The van der Waals surface area contributed by atoms with E-state index in [1.54, 1.807) is 24.3 Å². The topological polar surface area (TPSA) is 76.1 Å². The number of carbonyl (C=O) groups is 1. The molecule has 0 spiro atoms. The van der Waals surface area contributed by atoms with Crippen LogP contribution in [0, 0.1) is 4.77 Å². The standard InChI is InChI=1S/C23H25N3O3S/c1-4-12-26-22(28)19-10-7-17(14-20(19)25-23(26)30)21(27)24-11-13-29-18-8-5-16(6-9-18)15(2)3/h4-10,14-15H,1,11-13H2,2-3H3,(H,24,27)(H,25,30). The van der Waals surface area contributed by atoms with Gasteiger partial charge < -0.3 is 15.0 Å². The summed E-state index contributed by atoms with van der Waals surface area (Å²) < 4.78 is 7.40. The van der Waals surface area contributed by atoms with Crippen LogP contribution in [-0.4, -0.2) is 28.6 Å². The SMILES string of the molecule is C=CCn1c(=S)[nH]c2cc(C(=O)NCCOc3ccc(C(C)C)cc3)ccc2c1=O. The molecular weight excluding hydrogens is 398 g/mol. The molecule has 0 unspecified atom stereocenters. The molecule has 0 aliphatic carbocycles. The summed E-state index contributed by atoms with van der Waals surface area (Å²) in [4.78, 5) is 28.0. The number of aromatic nitrogens is 2. The van der Waals surface area contributed by atoms with Gasteiger partial charge >= 0.3 is 0 Å². The second-order valence-electron chi connectivity index (χ2n) is 7.22. The Morgan fingerprint density at radius 1 is 1.27 bits per heavy atom. The fraction of sp³-hybridized carbons (Fsp3) is 0.261. The Kier molecular flexibility index (Phi) is 6.84. The normalized spacial score (nSPS) is 10.9. The lowest BCUT2D eigenvalue weighted by molar-refractivity contribution is 0.0947. The number of nitrogens with zero attached hydrogens (tertiary/aromatic N) is 1.